The molecule has 1 aliphatic heterocycles. The van der Waals surface area contributed by atoms with Crippen molar-refractivity contribution in [1.29, 1.82) is 0 Å². The van der Waals surface area contributed by atoms with Crippen molar-refractivity contribution in [2.45, 2.75) is 13.0 Å². The molecule has 5 rings (SSSR count). The van der Waals surface area contributed by atoms with E-state index >= 15 is 0 Å². The Balaban J connectivity index is 1.83. The number of para-hydroxylation sites is 1. The maximum absolute atomic E-state index is 11.7. The SMILES string of the molecule is C#Cc1ccc2c(c1)C(c1ccccc1[N+](=O)[O-])=N[C@H](C)c1c(-c3cnco3)ncn1-2. The van der Waals surface area contributed by atoms with E-state index in [-0.39, 0.29) is 11.7 Å². The maximum Gasteiger partial charge on any atom is 0.278 e. The molecule has 4 aromatic rings. The van der Waals surface area contributed by atoms with E-state index in [1.807, 2.05) is 29.7 Å². The van der Waals surface area contributed by atoms with Crippen molar-refractivity contribution in [3.63, 3.8) is 0 Å². The molecule has 0 saturated heterocycles. The molecule has 2 aromatic heterocycles. The van der Waals surface area contributed by atoms with Crippen LogP contribution in [-0.4, -0.2) is 25.2 Å². The summed E-state index contributed by atoms with van der Waals surface area (Å²) in [6.07, 6.45) is 10.3. The summed E-state index contributed by atoms with van der Waals surface area (Å²) >= 11 is 0. The Morgan fingerprint density at radius 1 is 1.23 bits per heavy atom. The van der Waals surface area contributed by atoms with Gasteiger partial charge in [0.2, 0.25) is 0 Å². The van der Waals surface area contributed by atoms with E-state index in [4.69, 9.17) is 15.8 Å². The number of terminal acetylenes is 1. The van der Waals surface area contributed by atoms with Crippen LogP contribution in [0, 0.1) is 22.5 Å². The molecule has 1 aliphatic rings. The molecule has 3 heterocycles. The molecule has 0 fully saturated rings. The van der Waals surface area contributed by atoms with E-state index in [9.17, 15) is 10.1 Å². The Morgan fingerprint density at radius 3 is 2.81 bits per heavy atom. The molecule has 2 aromatic carbocycles. The van der Waals surface area contributed by atoms with E-state index < -0.39 is 4.92 Å². The van der Waals surface area contributed by atoms with Crippen molar-refractivity contribution in [1.82, 2.24) is 14.5 Å². The highest BCUT2D eigenvalue weighted by atomic mass is 16.6. The van der Waals surface area contributed by atoms with E-state index in [0.29, 0.717) is 33.9 Å². The Kier molecular flexibility index (Phi) is 4.22. The summed E-state index contributed by atoms with van der Waals surface area (Å²) in [5, 5.41) is 11.7. The molecule has 0 amide bonds. The minimum absolute atomic E-state index is 0.0225. The van der Waals surface area contributed by atoms with Crippen molar-refractivity contribution in [3.05, 3.63) is 93.9 Å². The van der Waals surface area contributed by atoms with Gasteiger partial charge in [0.1, 0.15) is 12.0 Å². The van der Waals surface area contributed by atoms with Crippen LogP contribution in [0.1, 0.15) is 35.3 Å². The van der Waals surface area contributed by atoms with E-state index in [1.54, 1.807) is 30.7 Å². The molecule has 8 heteroatoms. The zero-order valence-electron chi connectivity index (χ0n) is 16.4. The minimum atomic E-state index is -0.403. The molecule has 0 unspecified atom stereocenters. The highest BCUT2D eigenvalue weighted by Gasteiger charge is 2.30. The van der Waals surface area contributed by atoms with Crippen LogP contribution in [0.4, 0.5) is 5.69 Å². The highest BCUT2D eigenvalue weighted by molar-refractivity contribution is 6.17. The average Bonchev–Trinajstić information content (AvgIpc) is 3.44. The van der Waals surface area contributed by atoms with Crippen LogP contribution in [0.3, 0.4) is 0 Å². The number of aromatic nitrogens is 3. The van der Waals surface area contributed by atoms with Gasteiger partial charge in [-0.15, -0.1) is 6.42 Å². The van der Waals surface area contributed by atoms with Gasteiger partial charge in [-0.1, -0.05) is 18.1 Å². The summed E-state index contributed by atoms with van der Waals surface area (Å²) in [5.41, 5.74) is 4.42. The number of rotatable bonds is 3. The molecule has 150 valence electrons. The molecule has 0 radical (unpaired) electrons. The first-order valence-corrected chi connectivity index (χ1v) is 9.47. The Labute approximate surface area is 177 Å². The first kappa shape index (κ1) is 18.5. The second kappa shape index (κ2) is 7.07. The lowest BCUT2D eigenvalue weighted by atomic mass is 9.97. The van der Waals surface area contributed by atoms with Crippen molar-refractivity contribution in [2.24, 2.45) is 4.99 Å². The number of nitro groups is 1. The van der Waals surface area contributed by atoms with Crippen LogP contribution >= 0.6 is 0 Å². The molecule has 0 spiro atoms. The van der Waals surface area contributed by atoms with Crippen LogP contribution in [0.25, 0.3) is 17.1 Å². The smallest absolute Gasteiger partial charge is 0.278 e. The number of aliphatic imine (C=N–C) groups is 1. The number of nitrogens with zero attached hydrogens (tertiary/aromatic N) is 5. The lowest BCUT2D eigenvalue weighted by Gasteiger charge is -2.12. The molecule has 0 aliphatic carbocycles. The fourth-order valence-corrected chi connectivity index (χ4v) is 3.87. The van der Waals surface area contributed by atoms with Crippen molar-refractivity contribution < 1.29 is 9.34 Å². The van der Waals surface area contributed by atoms with Crippen LogP contribution in [0.5, 0.6) is 0 Å². The summed E-state index contributed by atoms with van der Waals surface area (Å²) in [6.45, 7) is 1.91. The van der Waals surface area contributed by atoms with E-state index in [0.717, 1.165) is 11.4 Å². The summed E-state index contributed by atoms with van der Waals surface area (Å²) in [7, 11) is 0. The average molecular weight is 409 g/mol. The molecular weight excluding hydrogens is 394 g/mol. The van der Waals surface area contributed by atoms with Gasteiger partial charge >= 0.3 is 0 Å². The monoisotopic (exact) mass is 409 g/mol. The summed E-state index contributed by atoms with van der Waals surface area (Å²) in [5.74, 6) is 3.15. The van der Waals surface area contributed by atoms with Gasteiger partial charge in [-0.25, -0.2) is 9.97 Å². The first-order chi connectivity index (χ1) is 15.1. The molecule has 0 bridgehead atoms. The maximum atomic E-state index is 11.7. The van der Waals surface area contributed by atoms with Crippen LogP contribution in [0.15, 0.2) is 70.8 Å². The van der Waals surface area contributed by atoms with Crippen molar-refractivity contribution in [3.8, 4) is 29.5 Å². The Morgan fingerprint density at radius 2 is 2.06 bits per heavy atom. The zero-order chi connectivity index (χ0) is 21.5. The number of benzene rings is 2. The van der Waals surface area contributed by atoms with E-state index in [2.05, 4.69) is 15.9 Å². The molecule has 31 heavy (non-hydrogen) atoms. The number of hydrogen-bond acceptors (Lipinski definition) is 6. The molecule has 8 nitrogen and oxygen atoms in total. The number of imidazole rings is 1. The predicted octanol–water partition coefficient (Wildman–Crippen LogP) is 4.33. The molecular formula is C23H15N5O3. The third-order valence-corrected chi connectivity index (χ3v) is 5.22. The highest BCUT2D eigenvalue weighted by Crippen LogP contribution is 2.37. The molecule has 0 saturated carbocycles. The molecule has 1 atom stereocenters. The summed E-state index contributed by atoms with van der Waals surface area (Å²) in [4.78, 5) is 24.8. The Hall–Kier alpha value is -4.51. The van der Waals surface area contributed by atoms with Gasteiger partial charge in [-0.3, -0.25) is 19.7 Å². The molecule has 0 N–H and O–H groups in total. The van der Waals surface area contributed by atoms with Gasteiger partial charge in [-0.2, -0.15) is 0 Å². The first-order valence-electron chi connectivity index (χ1n) is 9.47. The lowest BCUT2D eigenvalue weighted by molar-refractivity contribution is -0.385. The fraction of sp³-hybridized carbons (Fsp3) is 0.0870. The van der Waals surface area contributed by atoms with E-state index in [1.165, 1.54) is 12.5 Å². The second-order valence-corrected chi connectivity index (χ2v) is 7.02. The van der Waals surface area contributed by atoms with Gasteiger partial charge in [0, 0.05) is 17.2 Å². The number of oxazole rings is 1. The predicted molar refractivity (Wildman–Crippen MR) is 114 cm³/mol. The Bertz CT molecular complexity index is 1390. The summed E-state index contributed by atoms with van der Waals surface area (Å²) in [6, 6.07) is 11.7. The third kappa shape index (κ3) is 2.91. The normalized spacial score (nSPS) is 14.7. The topological polar surface area (TPSA) is 99.3 Å². The minimum Gasteiger partial charge on any atom is -0.442 e. The van der Waals surface area contributed by atoms with Crippen LogP contribution in [-0.2, 0) is 0 Å². The van der Waals surface area contributed by atoms with Crippen LogP contribution in [0.2, 0.25) is 0 Å². The van der Waals surface area contributed by atoms with Crippen molar-refractivity contribution in [2.75, 3.05) is 0 Å². The number of fused-ring (bicyclic) bond motifs is 3. The number of nitro benzene ring substituents is 1. The van der Waals surface area contributed by atoms with Gasteiger partial charge in [0.15, 0.2) is 12.2 Å². The quantitative estimate of drug-likeness (QED) is 0.285. The van der Waals surface area contributed by atoms with Crippen molar-refractivity contribution >= 4 is 11.4 Å². The lowest BCUT2D eigenvalue weighted by Crippen LogP contribution is -2.10. The standard InChI is InChI=1S/C23H15N5O3/c1-3-15-8-9-18-17(10-15)21(16-6-4-5-7-19(16)28(29)30)26-14(2)23-22(25-12-27(18)23)20-11-24-13-31-20/h1,4-14H,2H3/t14-/m1/s1. The summed E-state index contributed by atoms with van der Waals surface area (Å²) < 4.78 is 7.39. The van der Waals surface area contributed by atoms with Crippen LogP contribution < -0.4 is 0 Å². The second-order valence-electron chi connectivity index (χ2n) is 7.02. The largest absolute Gasteiger partial charge is 0.442 e. The van der Waals surface area contributed by atoms with Gasteiger partial charge in [0.25, 0.3) is 5.69 Å². The number of hydrogen-bond donors (Lipinski definition) is 0. The fourth-order valence-electron chi connectivity index (χ4n) is 3.87. The van der Waals surface area contributed by atoms with Gasteiger partial charge < -0.3 is 4.42 Å². The van der Waals surface area contributed by atoms with Gasteiger partial charge in [0.05, 0.1) is 39.8 Å². The zero-order valence-corrected chi connectivity index (χ0v) is 16.4. The van der Waals surface area contributed by atoms with Gasteiger partial charge in [-0.05, 0) is 31.2 Å². The third-order valence-electron chi connectivity index (χ3n) is 5.22.